The van der Waals surface area contributed by atoms with E-state index in [1.165, 1.54) is 6.07 Å². The van der Waals surface area contributed by atoms with Crippen LogP contribution >= 0.6 is 38.2 Å². The van der Waals surface area contributed by atoms with Crippen LogP contribution in [0.4, 0.5) is 0 Å². The Kier molecular flexibility index (Phi) is 2.70. The number of nitrogens with zero attached hydrogens (tertiary/aromatic N) is 1. The van der Waals surface area contributed by atoms with Crippen LogP contribution in [0.1, 0.15) is 0 Å². The van der Waals surface area contributed by atoms with Crippen molar-refractivity contribution in [1.29, 1.82) is 0 Å². The Hall–Kier alpha value is -0.300. The molecule has 1 aromatic heterocycles. The van der Waals surface area contributed by atoms with Crippen LogP contribution in [0.3, 0.4) is 0 Å². The summed E-state index contributed by atoms with van der Waals surface area (Å²) in [5.74, 6) is 0. The fraction of sp³-hybridized carbons (Fsp3) is 0. The van der Waals surface area contributed by atoms with Gasteiger partial charge < -0.3 is 0 Å². The molecule has 0 saturated carbocycles. The Labute approximate surface area is 103 Å². The second-order valence-electron chi connectivity index (χ2n) is 2.77. The number of halogens is 3. The molecule has 4 nitrogen and oxygen atoms in total. The molecule has 1 heterocycles. The average molecular weight is 330 g/mol. The maximum absolute atomic E-state index is 11.2. The third-order valence-corrected chi connectivity index (χ3v) is 3.87. The summed E-state index contributed by atoms with van der Waals surface area (Å²) in [5.41, 5.74) is 0.471. The van der Waals surface area contributed by atoms with Crippen molar-refractivity contribution < 1.29 is 8.42 Å². The van der Waals surface area contributed by atoms with E-state index in [2.05, 4.69) is 26.1 Å². The summed E-state index contributed by atoms with van der Waals surface area (Å²) < 4.78 is 22.9. The molecule has 0 atom stereocenters. The lowest BCUT2D eigenvalue weighted by Gasteiger charge is -1.95. The van der Waals surface area contributed by atoms with Gasteiger partial charge in [0.05, 0.1) is 0 Å². The van der Waals surface area contributed by atoms with Crippen molar-refractivity contribution in [3.8, 4) is 0 Å². The normalized spacial score (nSPS) is 12.2. The first kappa shape index (κ1) is 11.2. The minimum atomic E-state index is -3.84. The van der Waals surface area contributed by atoms with Crippen molar-refractivity contribution in [3.05, 3.63) is 21.6 Å². The Bertz CT molecular complexity index is 638. The van der Waals surface area contributed by atoms with Gasteiger partial charge in [-0.05, 0) is 28.1 Å². The molecule has 0 bridgehead atoms. The topological polar surface area (TPSA) is 62.8 Å². The smallest absolute Gasteiger partial charge is 0.265 e. The number of benzene rings is 1. The summed E-state index contributed by atoms with van der Waals surface area (Å²) in [6, 6.07) is 3.11. The van der Waals surface area contributed by atoms with Crippen molar-refractivity contribution >= 4 is 58.2 Å². The molecular weight excluding hydrogens is 327 g/mol. The molecule has 1 N–H and O–H groups in total. The molecule has 0 aliphatic heterocycles. The molecule has 8 heteroatoms. The van der Waals surface area contributed by atoms with E-state index >= 15 is 0 Å². The monoisotopic (exact) mass is 328 g/mol. The van der Waals surface area contributed by atoms with E-state index in [-0.39, 0.29) is 5.03 Å². The lowest BCUT2D eigenvalue weighted by molar-refractivity contribution is 0.606. The molecule has 0 amide bonds. The summed E-state index contributed by atoms with van der Waals surface area (Å²) in [6.45, 7) is 0. The van der Waals surface area contributed by atoms with Crippen molar-refractivity contribution in [2.75, 3.05) is 0 Å². The summed E-state index contributed by atoms with van der Waals surface area (Å²) in [7, 11) is 1.38. The highest BCUT2D eigenvalue weighted by atomic mass is 79.9. The zero-order valence-corrected chi connectivity index (χ0v) is 10.9. The van der Waals surface area contributed by atoms with E-state index in [1.54, 1.807) is 6.07 Å². The first-order valence-electron chi connectivity index (χ1n) is 3.67. The van der Waals surface area contributed by atoms with E-state index in [4.69, 9.17) is 22.3 Å². The predicted molar refractivity (Wildman–Crippen MR) is 61.8 cm³/mol. The van der Waals surface area contributed by atoms with Gasteiger partial charge >= 0.3 is 0 Å². The van der Waals surface area contributed by atoms with E-state index < -0.39 is 9.05 Å². The standard InChI is InChI=1S/C7H3BrCl2N2O2S/c8-5-2-3(9)1-4-6(5)11-12-7(4)15(10,13)14/h1-2H,(H,11,12). The predicted octanol–water partition coefficient (Wildman–Crippen LogP) is 2.91. The third-order valence-electron chi connectivity index (χ3n) is 1.79. The highest BCUT2D eigenvalue weighted by Crippen LogP contribution is 2.31. The maximum Gasteiger partial charge on any atom is 0.278 e. The molecule has 2 aromatic rings. The molecule has 15 heavy (non-hydrogen) atoms. The summed E-state index contributed by atoms with van der Waals surface area (Å²) in [6.07, 6.45) is 0. The number of rotatable bonds is 1. The number of aromatic nitrogens is 2. The van der Waals surface area contributed by atoms with E-state index in [1.807, 2.05) is 0 Å². The number of fused-ring (bicyclic) bond motifs is 1. The van der Waals surface area contributed by atoms with Gasteiger partial charge in [-0.15, -0.1) is 0 Å². The zero-order valence-electron chi connectivity index (χ0n) is 6.96. The molecule has 80 valence electrons. The largest absolute Gasteiger partial charge is 0.278 e. The zero-order chi connectivity index (χ0) is 11.2. The van der Waals surface area contributed by atoms with Crippen LogP contribution in [0, 0.1) is 0 Å². The molecule has 0 fully saturated rings. The molecule has 0 spiro atoms. The van der Waals surface area contributed by atoms with Gasteiger partial charge in [-0.1, -0.05) is 11.6 Å². The lowest BCUT2D eigenvalue weighted by Crippen LogP contribution is -1.91. The van der Waals surface area contributed by atoms with Crippen molar-refractivity contribution in [2.45, 2.75) is 5.03 Å². The Morgan fingerprint density at radius 2 is 2.07 bits per heavy atom. The molecular formula is C7H3BrCl2N2O2S. The van der Waals surface area contributed by atoms with Gasteiger partial charge in [0.15, 0.2) is 5.03 Å². The number of H-pyrrole nitrogens is 1. The molecule has 0 saturated heterocycles. The first-order chi connectivity index (χ1) is 6.89. The van der Waals surface area contributed by atoms with Crippen LogP contribution in [0.5, 0.6) is 0 Å². The number of hydrogen-bond donors (Lipinski definition) is 1. The van der Waals surface area contributed by atoms with E-state index in [0.717, 1.165) is 0 Å². The van der Waals surface area contributed by atoms with Crippen LogP contribution < -0.4 is 0 Å². The van der Waals surface area contributed by atoms with Crippen molar-refractivity contribution in [1.82, 2.24) is 10.2 Å². The van der Waals surface area contributed by atoms with Crippen LogP contribution in [0.15, 0.2) is 21.6 Å². The highest BCUT2D eigenvalue weighted by Gasteiger charge is 2.19. The van der Waals surface area contributed by atoms with Gasteiger partial charge in [-0.3, -0.25) is 5.10 Å². The SMILES string of the molecule is O=S(=O)(Cl)c1[nH]nc2c(Br)cc(Cl)cc12. The number of aromatic amines is 1. The third kappa shape index (κ3) is 1.99. The number of nitrogens with one attached hydrogen (secondary N) is 1. The molecule has 0 unspecified atom stereocenters. The highest BCUT2D eigenvalue weighted by molar-refractivity contribution is 9.10. The molecule has 0 aliphatic rings. The minimum Gasteiger partial charge on any atom is -0.265 e. The van der Waals surface area contributed by atoms with Crippen LogP contribution in [0.2, 0.25) is 5.02 Å². The fourth-order valence-electron chi connectivity index (χ4n) is 1.21. The molecule has 1 aromatic carbocycles. The Morgan fingerprint density at radius 3 is 2.67 bits per heavy atom. The molecule has 0 aliphatic carbocycles. The second kappa shape index (κ2) is 3.62. The Morgan fingerprint density at radius 1 is 1.40 bits per heavy atom. The first-order valence-corrected chi connectivity index (χ1v) is 7.15. The van der Waals surface area contributed by atoms with Gasteiger partial charge in [-0.2, -0.15) is 5.10 Å². The fourth-order valence-corrected chi connectivity index (χ4v) is 3.03. The quantitative estimate of drug-likeness (QED) is 0.818. The van der Waals surface area contributed by atoms with Gasteiger partial charge in [0.2, 0.25) is 0 Å². The van der Waals surface area contributed by atoms with Crippen molar-refractivity contribution in [3.63, 3.8) is 0 Å². The van der Waals surface area contributed by atoms with Crippen LogP contribution in [0.25, 0.3) is 10.9 Å². The van der Waals surface area contributed by atoms with Crippen LogP contribution in [-0.2, 0) is 9.05 Å². The maximum atomic E-state index is 11.2. The van der Waals surface area contributed by atoms with Gasteiger partial charge in [-0.25, -0.2) is 8.42 Å². The molecule has 0 radical (unpaired) electrons. The summed E-state index contributed by atoms with van der Waals surface area (Å²) in [5, 5.41) is 6.81. The summed E-state index contributed by atoms with van der Waals surface area (Å²) >= 11 is 9.02. The second-order valence-corrected chi connectivity index (χ2v) is 6.57. The Balaban J connectivity index is 2.92. The average Bonchev–Trinajstić information content (AvgIpc) is 2.45. The van der Waals surface area contributed by atoms with Crippen LogP contribution in [-0.4, -0.2) is 18.6 Å². The van der Waals surface area contributed by atoms with E-state index in [0.29, 0.717) is 20.4 Å². The number of hydrogen-bond acceptors (Lipinski definition) is 3. The van der Waals surface area contributed by atoms with Gasteiger partial charge in [0.25, 0.3) is 9.05 Å². The summed E-state index contributed by atoms with van der Waals surface area (Å²) in [4.78, 5) is 0. The molecule has 2 rings (SSSR count). The van der Waals surface area contributed by atoms with E-state index in [9.17, 15) is 8.42 Å². The van der Waals surface area contributed by atoms with Crippen molar-refractivity contribution in [2.24, 2.45) is 0 Å². The van der Waals surface area contributed by atoms with Gasteiger partial charge in [0.1, 0.15) is 5.52 Å². The van der Waals surface area contributed by atoms with Gasteiger partial charge in [0, 0.05) is 25.6 Å². The minimum absolute atomic E-state index is 0.151. The lowest BCUT2D eigenvalue weighted by atomic mass is 10.3.